The van der Waals surface area contributed by atoms with Gasteiger partial charge in [-0.2, -0.15) is 0 Å². The lowest BCUT2D eigenvalue weighted by molar-refractivity contribution is 1.07. The lowest BCUT2D eigenvalue weighted by Gasteiger charge is -2.08. The SMILES string of the molecule is CCC(SSC)SSSC. The maximum absolute atomic E-state index is 2.24. The van der Waals surface area contributed by atoms with Crippen LogP contribution >= 0.6 is 53.0 Å². The van der Waals surface area contributed by atoms with Crippen molar-refractivity contribution in [3.8, 4) is 0 Å². The van der Waals surface area contributed by atoms with Crippen LogP contribution in [-0.2, 0) is 0 Å². The van der Waals surface area contributed by atoms with Crippen molar-refractivity contribution in [2.45, 2.75) is 17.9 Å². The lowest BCUT2D eigenvalue weighted by Crippen LogP contribution is -1.86. The third-order valence-corrected chi connectivity index (χ3v) is 8.11. The largest absolute Gasteiger partial charge is 0.0964 e. The van der Waals surface area contributed by atoms with Crippen LogP contribution in [0.25, 0.3) is 0 Å². The average Bonchev–Trinajstić information content (AvgIpc) is 1.98. The second-order valence-corrected chi connectivity index (χ2v) is 8.84. The minimum Gasteiger partial charge on any atom is -0.0964 e. The first kappa shape index (κ1) is 11.8. The van der Waals surface area contributed by atoms with E-state index in [0.29, 0.717) is 0 Å². The molecule has 0 bridgehead atoms. The molecule has 0 aromatic heterocycles. The van der Waals surface area contributed by atoms with Crippen LogP contribution in [0.3, 0.4) is 0 Å². The highest BCUT2D eigenvalue weighted by atomic mass is 33.5. The maximum atomic E-state index is 2.24. The Morgan fingerprint density at radius 1 is 1.10 bits per heavy atom. The molecule has 62 valence electrons. The number of hydrogen-bond donors (Lipinski definition) is 0. The zero-order chi connectivity index (χ0) is 7.82. The molecule has 0 aromatic rings. The van der Waals surface area contributed by atoms with Gasteiger partial charge in [0.05, 0.1) is 4.58 Å². The van der Waals surface area contributed by atoms with Gasteiger partial charge in [0, 0.05) is 0 Å². The minimum atomic E-state index is 0.757. The van der Waals surface area contributed by atoms with E-state index in [2.05, 4.69) is 19.4 Å². The predicted molar refractivity (Wildman–Crippen MR) is 63.9 cm³/mol. The van der Waals surface area contributed by atoms with E-state index in [-0.39, 0.29) is 0 Å². The van der Waals surface area contributed by atoms with Crippen molar-refractivity contribution in [1.29, 1.82) is 0 Å². The third kappa shape index (κ3) is 6.46. The second kappa shape index (κ2) is 8.84. The fourth-order valence-electron chi connectivity index (χ4n) is 0.343. The molecule has 0 amide bonds. The zero-order valence-electron chi connectivity index (χ0n) is 6.33. The van der Waals surface area contributed by atoms with Crippen LogP contribution in [-0.4, -0.2) is 17.1 Å². The minimum absolute atomic E-state index is 0.757. The Kier molecular flexibility index (Phi) is 10.4. The Morgan fingerprint density at radius 3 is 2.20 bits per heavy atom. The van der Waals surface area contributed by atoms with Crippen molar-refractivity contribution in [2.24, 2.45) is 0 Å². The molecule has 1 atom stereocenters. The quantitative estimate of drug-likeness (QED) is 0.490. The van der Waals surface area contributed by atoms with E-state index in [9.17, 15) is 0 Å². The molecule has 0 fully saturated rings. The molecule has 0 heterocycles. The van der Waals surface area contributed by atoms with Crippen LogP contribution in [0, 0.1) is 0 Å². The predicted octanol–water partition coefficient (Wildman–Crippen LogP) is 4.39. The Bertz CT molecular complexity index is 67.1. The van der Waals surface area contributed by atoms with E-state index in [1.165, 1.54) is 6.42 Å². The molecule has 10 heavy (non-hydrogen) atoms. The van der Waals surface area contributed by atoms with Gasteiger partial charge in [0.2, 0.25) is 0 Å². The van der Waals surface area contributed by atoms with Crippen LogP contribution < -0.4 is 0 Å². The molecule has 0 aliphatic heterocycles. The van der Waals surface area contributed by atoms with Crippen LogP contribution in [0.2, 0.25) is 0 Å². The molecule has 5 heteroatoms. The monoisotopic (exact) mass is 232 g/mol. The molecule has 0 aromatic carbocycles. The van der Waals surface area contributed by atoms with Crippen molar-refractivity contribution in [3.05, 3.63) is 0 Å². The second-order valence-electron chi connectivity index (χ2n) is 1.43. The molecule has 0 radical (unpaired) electrons. The number of hydrogen-bond acceptors (Lipinski definition) is 5. The molecule has 1 unspecified atom stereocenters. The van der Waals surface area contributed by atoms with E-state index in [1.54, 1.807) is 0 Å². The first-order valence-electron chi connectivity index (χ1n) is 2.90. The Balaban J connectivity index is 3.21. The van der Waals surface area contributed by atoms with Gasteiger partial charge in [-0.3, -0.25) is 0 Å². The summed E-state index contributed by atoms with van der Waals surface area (Å²) in [7, 11) is 9.50. The Morgan fingerprint density at radius 2 is 1.80 bits per heavy atom. The molecule has 0 N–H and O–H groups in total. The van der Waals surface area contributed by atoms with Crippen molar-refractivity contribution < 1.29 is 0 Å². The molecule has 0 rings (SSSR count). The van der Waals surface area contributed by atoms with Crippen molar-refractivity contribution in [2.75, 3.05) is 12.5 Å². The van der Waals surface area contributed by atoms with Gasteiger partial charge < -0.3 is 0 Å². The van der Waals surface area contributed by atoms with Gasteiger partial charge >= 0.3 is 0 Å². The number of rotatable bonds is 6. The van der Waals surface area contributed by atoms with E-state index in [4.69, 9.17) is 0 Å². The molecule has 0 nitrogen and oxygen atoms in total. The highest BCUT2D eigenvalue weighted by molar-refractivity contribution is 9.10. The van der Waals surface area contributed by atoms with Gasteiger partial charge in [0.25, 0.3) is 0 Å². The summed E-state index contributed by atoms with van der Waals surface area (Å²) in [5, 5.41) is 0. The maximum Gasteiger partial charge on any atom is 0.0715 e. The first-order valence-corrected chi connectivity index (χ1v) is 9.48. The van der Waals surface area contributed by atoms with E-state index in [1.807, 2.05) is 53.0 Å². The highest BCUT2D eigenvalue weighted by Crippen LogP contribution is 2.44. The smallest absolute Gasteiger partial charge is 0.0715 e. The summed E-state index contributed by atoms with van der Waals surface area (Å²) in [5.41, 5.74) is 0. The zero-order valence-corrected chi connectivity index (χ0v) is 10.4. The van der Waals surface area contributed by atoms with Gasteiger partial charge in [-0.1, -0.05) is 50.1 Å². The lowest BCUT2D eigenvalue weighted by atomic mass is 10.6. The van der Waals surface area contributed by atoms with E-state index >= 15 is 0 Å². The Labute approximate surface area is 83.0 Å². The van der Waals surface area contributed by atoms with Crippen LogP contribution in [0.4, 0.5) is 0 Å². The summed E-state index contributed by atoms with van der Waals surface area (Å²) in [6, 6.07) is 0. The molecule has 0 saturated carbocycles. The average molecular weight is 232 g/mol. The topological polar surface area (TPSA) is 0 Å². The molecular formula is C5H12S5. The summed E-state index contributed by atoms with van der Waals surface area (Å²) in [6.45, 7) is 2.24. The molecular weight excluding hydrogens is 220 g/mol. The molecule has 0 aliphatic rings. The van der Waals surface area contributed by atoms with Crippen molar-refractivity contribution in [1.82, 2.24) is 0 Å². The van der Waals surface area contributed by atoms with E-state index in [0.717, 1.165) is 4.58 Å². The van der Waals surface area contributed by atoms with Gasteiger partial charge in [-0.15, -0.1) is 0 Å². The summed E-state index contributed by atoms with van der Waals surface area (Å²) in [4.78, 5) is 0. The summed E-state index contributed by atoms with van der Waals surface area (Å²) >= 11 is 0. The van der Waals surface area contributed by atoms with Crippen LogP contribution in [0.15, 0.2) is 0 Å². The summed E-state index contributed by atoms with van der Waals surface area (Å²) in [6.07, 6.45) is 5.51. The molecule has 0 aliphatic carbocycles. The fourth-order valence-corrected chi connectivity index (χ4v) is 7.31. The normalized spacial score (nSPS) is 13.5. The van der Waals surface area contributed by atoms with E-state index < -0.39 is 0 Å². The standard InChI is InChI=1S/C5H12S5/c1-4-5(8-6-2)9-10-7-3/h5H,4H2,1-3H3. The van der Waals surface area contributed by atoms with Crippen molar-refractivity contribution in [3.63, 3.8) is 0 Å². The highest BCUT2D eigenvalue weighted by Gasteiger charge is 2.05. The molecule has 0 spiro atoms. The third-order valence-electron chi connectivity index (χ3n) is 0.752. The van der Waals surface area contributed by atoms with Gasteiger partial charge in [0.1, 0.15) is 0 Å². The first-order chi connectivity index (χ1) is 4.85. The van der Waals surface area contributed by atoms with Gasteiger partial charge in [-0.05, 0) is 28.8 Å². The van der Waals surface area contributed by atoms with Gasteiger partial charge in [-0.25, -0.2) is 0 Å². The van der Waals surface area contributed by atoms with Crippen LogP contribution in [0.5, 0.6) is 0 Å². The summed E-state index contributed by atoms with van der Waals surface area (Å²) < 4.78 is 0.757. The summed E-state index contributed by atoms with van der Waals surface area (Å²) in [5.74, 6) is 0. The fraction of sp³-hybridized carbons (Fsp3) is 1.00. The van der Waals surface area contributed by atoms with Crippen molar-refractivity contribution >= 4 is 53.0 Å². The Hall–Kier alpha value is 1.75. The van der Waals surface area contributed by atoms with Crippen LogP contribution in [0.1, 0.15) is 13.3 Å². The van der Waals surface area contributed by atoms with Gasteiger partial charge in [0.15, 0.2) is 0 Å². The molecule has 0 saturated heterocycles.